The minimum atomic E-state index is 0.575. The molecule has 0 aliphatic heterocycles. The molecule has 11 aromatic rings. The Bertz CT molecular complexity index is 3430. The number of pyridine rings is 1. The van der Waals surface area contributed by atoms with Gasteiger partial charge in [-0.3, -0.25) is 0 Å². The van der Waals surface area contributed by atoms with E-state index in [0.29, 0.717) is 11.5 Å². The fourth-order valence-electron chi connectivity index (χ4n) is 8.36. The zero-order valence-electron chi connectivity index (χ0n) is 32.8. The van der Waals surface area contributed by atoms with Crippen molar-refractivity contribution in [3.63, 3.8) is 0 Å². The Hall–Kier alpha value is -7.47. The molecular formula is C53H34N6OPt-2. The average Bonchev–Trinajstić information content (AvgIpc) is 3.80. The maximum atomic E-state index is 6.65. The Morgan fingerprint density at radius 1 is 0.508 bits per heavy atom. The van der Waals surface area contributed by atoms with E-state index < -0.39 is 0 Å². The predicted octanol–water partition coefficient (Wildman–Crippen LogP) is 12.5. The van der Waals surface area contributed by atoms with Gasteiger partial charge in [0.15, 0.2) is 0 Å². The molecule has 0 atom stereocenters. The van der Waals surface area contributed by atoms with Crippen LogP contribution in [-0.4, -0.2) is 28.7 Å². The van der Waals surface area contributed by atoms with Gasteiger partial charge in [-0.25, -0.2) is 9.97 Å². The van der Waals surface area contributed by atoms with Crippen LogP contribution >= 0.6 is 0 Å². The van der Waals surface area contributed by atoms with Gasteiger partial charge in [0, 0.05) is 29.7 Å². The van der Waals surface area contributed by atoms with Crippen LogP contribution in [0.3, 0.4) is 0 Å². The molecule has 7 aromatic carbocycles. The normalized spacial score (nSPS) is 11.5. The second-order valence-electron chi connectivity index (χ2n) is 14.8. The first-order valence-corrected chi connectivity index (χ1v) is 21.0. The Morgan fingerprint density at radius 2 is 1.13 bits per heavy atom. The summed E-state index contributed by atoms with van der Waals surface area (Å²) in [5.74, 6) is 1.94. The van der Waals surface area contributed by atoms with E-state index >= 15 is 0 Å². The first kappa shape index (κ1) is 36.6. The van der Waals surface area contributed by atoms with Gasteiger partial charge in [0.1, 0.15) is 6.33 Å². The molecule has 0 saturated carbocycles. The molecule has 0 saturated heterocycles. The molecule has 4 aromatic heterocycles. The monoisotopic (exact) mass is 965 g/mol. The first-order valence-electron chi connectivity index (χ1n) is 19.9. The number of rotatable bonds is 8. The van der Waals surface area contributed by atoms with Crippen molar-refractivity contribution in [2.24, 2.45) is 0 Å². The van der Waals surface area contributed by atoms with E-state index in [1.54, 1.807) is 0 Å². The quantitative estimate of drug-likeness (QED) is 0.142. The minimum Gasteiger partial charge on any atom is -0.244 e. The third-order valence-electron chi connectivity index (χ3n) is 11.1. The Labute approximate surface area is 362 Å². The number of nitrogens with zero attached hydrogens (tertiary/aromatic N) is 6. The second-order valence-corrected chi connectivity index (χ2v) is 15.8. The Kier molecular flexibility index (Phi) is 9.17. The molecule has 0 unspecified atom stereocenters. The third kappa shape index (κ3) is 6.42. The van der Waals surface area contributed by atoms with Crippen LogP contribution in [0.5, 0.6) is 11.5 Å². The summed E-state index contributed by atoms with van der Waals surface area (Å²) in [6.45, 7) is 2.09. The van der Waals surface area contributed by atoms with Crippen LogP contribution < -0.4 is 4.74 Å². The number of hydrogen-bond acceptors (Lipinski definition) is 4. The van der Waals surface area contributed by atoms with Crippen molar-refractivity contribution in [2.45, 2.75) is 6.92 Å². The maximum absolute atomic E-state index is 6.65. The zero-order chi connectivity index (χ0) is 40.9. The molecule has 0 aliphatic carbocycles. The standard InChI is InChI=1S/C53H34N6O.Pt/c1-36-28-52(56-33-47(36)39-31-54-34-55-32-39)59-48-23-9-8-20-45(48)46-27-26-42(30-51(46)59)60-41-19-12-18-40(29-41)57-35-58(50-25-11-10-24-49(50)57)53-43(37-14-4-2-5-15-37)21-13-22-44(53)38-16-6-3-7-17-38;/h2-28,31-34H,1H3;/q-2;. The Morgan fingerprint density at radius 3 is 1.84 bits per heavy atom. The van der Waals surface area contributed by atoms with Crippen molar-refractivity contribution in [2.75, 3.05) is 0 Å². The van der Waals surface area contributed by atoms with Gasteiger partial charge in [-0.1, -0.05) is 12.1 Å². The summed E-state index contributed by atoms with van der Waals surface area (Å²) in [7, 11) is 0. The van der Waals surface area contributed by atoms with Gasteiger partial charge < -0.3 is 0 Å². The molecule has 8 heteroatoms. The fourth-order valence-corrected chi connectivity index (χ4v) is 9.43. The van der Waals surface area contributed by atoms with Crippen LogP contribution in [0.2, 0.25) is 0 Å². The van der Waals surface area contributed by atoms with E-state index in [9.17, 15) is 0 Å². The second kappa shape index (κ2) is 15.3. The van der Waals surface area contributed by atoms with E-state index in [0.717, 1.165) is 92.8 Å². The number of aryl methyl sites for hydroxylation is 1. The molecule has 0 bridgehead atoms. The fraction of sp³-hybridized carbons (Fsp3) is 0.0189. The molecule has 11 rings (SSSR count). The van der Waals surface area contributed by atoms with E-state index in [1.165, 1.54) is 6.33 Å². The van der Waals surface area contributed by atoms with Crippen LogP contribution in [0.15, 0.2) is 189 Å². The van der Waals surface area contributed by atoms with Crippen LogP contribution in [0.4, 0.5) is 0 Å². The van der Waals surface area contributed by atoms with Gasteiger partial charge in [-0.2, -0.15) is 0 Å². The summed E-state index contributed by atoms with van der Waals surface area (Å²) in [6, 6.07) is 64.2. The molecule has 0 amide bonds. The van der Waals surface area contributed by atoms with Crippen molar-refractivity contribution in [1.82, 2.24) is 28.7 Å². The Balaban J connectivity index is 1.02. The molecule has 0 aliphatic rings. The number of imidazole rings is 1. The van der Waals surface area contributed by atoms with Crippen LogP contribution in [0.25, 0.3) is 83.4 Å². The van der Waals surface area contributed by atoms with Crippen LogP contribution in [0.1, 0.15) is 5.56 Å². The predicted molar refractivity (Wildman–Crippen MR) is 239 cm³/mol. The van der Waals surface area contributed by atoms with Gasteiger partial charge >= 0.3 is 294 Å². The summed E-state index contributed by atoms with van der Waals surface area (Å²) in [5.41, 5.74) is 13.6. The van der Waals surface area contributed by atoms with Crippen LogP contribution in [0, 0.1) is 22.9 Å². The molecular weight excluding hydrogens is 932 g/mol. The summed E-state index contributed by atoms with van der Waals surface area (Å²) in [4.78, 5) is 13.4. The molecule has 61 heavy (non-hydrogen) atoms. The van der Waals surface area contributed by atoms with Crippen LogP contribution in [-0.2, 0) is 19.4 Å². The summed E-state index contributed by atoms with van der Waals surface area (Å²) < 4.78 is 14.4. The SMILES string of the molecule is Cc1cc(-n2c3[c-]c(Oc4[c-]c(-n5[c](=[Pt])n(-c6c(-c7ccccc7)cccc6-c6ccccc6)c6ccccc65)ccc4)ccc3c3ccccc32)ncc1-c1cncnc1. The number of fused-ring (bicyclic) bond motifs is 4. The smallest absolute Gasteiger partial charge is 0.244 e. The van der Waals surface area contributed by atoms with Gasteiger partial charge in [0.25, 0.3) is 0 Å². The molecule has 4 heterocycles. The van der Waals surface area contributed by atoms with Crippen molar-refractivity contribution < 1.29 is 24.1 Å². The van der Waals surface area contributed by atoms with E-state index in [-0.39, 0.29) is 0 Å². The number of para-hydroxylation sites is 4. The van der Waals surface area contributed by atoms with Gasteiger partial charge in [0.05, 0.1) is 0 Å². The molecule has 0 spiro atoms. The average molecular weight is 966 g/mol. The first-order chi connectivity index (χ1) is 30.1. The van der Waals surface area contributed by atoms with Crippen molar-refractivity contribution in [3.8, 4) is 62.1 Å². The summed E-state index contributed by atoms with van der Waals surface area (Å²) in [6.07, 6.45) is 7.05. The van der Waals surface area contributed by atoms with Crippen molar-refractivity contribution >= 4 is 32.8 Å². The van der Waals surface area contributed by atoms with E-state index in [2.05, 4.69) is 208 Å². The van der Waals surface area contributed by atoms with E-state index in [4.69, 9.17) is 9.72 Å². The molecule has 294 valence electrons. The topological polar surface area (TPSA) is 62.7 Å². The molecule has 0 N–H and O–H groups in total. The number of ether oxygens (including phenoxy) is 1. The summed E-state index contributed by atoms with van der Waals surface area (Å²) >= 11 is 2.46. The molecule has 7 nitrogen and oxygen atoms in total. The summed E-state index contributed by atoms with van der Waals surface area (Å²) in [5, 5.41) is 2.17. The third-order valence-corrected chi connectivity index (χ3v) is 12.1. The molecule has 0 fully saturated rings. The van der Waals surface area contributed by atoms with E-state index in [1.807, 2.05) is 36.8 Å². The van der Waals surface area contributed by atoms with Gasteiger partial charge in [-0.15, -0.1) is 0 Å². The number of aromatic nitrogens is 6. The van der Waals surface area contributed by atoms with Crippen molar-refractivity contribution in [1.29, 1.82) is 0 Å². The zero-order valence-corrected chi connectivity index (χ0v) is 35.1. The van der Waals surface area contributed by atoms with Gasteiger partial charge in [0.2, 0.25) is 0 Å². The number of benzene rings is 7. The minimum absolute atomic E-state index is 0.575. The number of hydrogen-bond donors (Lipinski definition) is 0. The molecule has 0 radical (unpaired) electrons. The van der Waals surface area contributed by atoms with Crippen molar-refractivity contribution in [3.05, 3.63) is 210 Å². The van der Waals surface area contributed by atoms with Gasteiger partial charge in [-0.05, 0) is 12.5 Å².